The van der Waals surface area contributed by atoms with Gasteiger partial charge in [0.1, 0.15) is 5.54 Å². The Morgan fingerprint density at radius 3 is 2.78 bits per heavy atom. The highest BCUT2D eigenvalue weighted by molar-refractivity contribution is 7.07. The molecule has 0 saturated heterocycles. The summed E-state index contributed by atoms with van der Waals surface area (Å²) in [4.78, 5) is 28.6. The van der Waals surface area contributed by atoms with E-state index in [0.717, 1.165) is 12.1 Å². The van der Waals surface area contributed by atoms with Gasteiger partial charge in [-0.2, -0.15) is 0 Å². The molecule has 6 nitrogen and oxygen atoms in total. The van der Waals surface area contributed by atoms with Crippen LogP contribution in [0.5, 0.6) is 0 Å². The number of carboxylic acids is 1. The minimum Gasteiger partial charge on any atom is -0.480 e. The molecular weight excluding hydrogens is 254 g/mol. The van der Waals surface area contributed by atoms with Crippen LogP contribution in [0.25, 0.3) is 0 Å². The van der Waals surface area contributed by atoms with Crippen LogP contribution in [0.1, 0.15) is 25.0 Å². The van der Waals surface area contributed by atoms with Gasteiger partial charge in [-0.15, -0.1) is 11.3 Å². The van der Waals surface area contributed by atoms with Crippen LogP contribution in [0.2, 0.25) is 0 Å². The van der Waals surface area contributed by atoms with Crippen LogP contribution in [0.3, 0.4) is 0 Å². The molecule has 0 bridgehead atoms. The number of urea groups is 1. The van der Waals surface area contributed by atoms with Gasteiger partial charge in [0, 0.05) is 12.4 Å². The van der Waals surface area contributed by atoms with Crippen LogP contribution in [-0.2, 0) is 11.3 Å². The van der Waals surface area contributed by atoms with Gasteiger partial charge >= 0.3 is 12.0 Å². The van der Waals surface area contributed by atoms with Crippen molar-refractivity contribution in [3.63, 3.8) is 0 Å². The maximum atomic E-state index is 11.9. The molecule has 2 rings (SSSR count). The van der Waals surface area contributed by atoms with Crippen LogP contribution in [-0.4, -0.2) is 39.6 Å². The standard InChI is InChI=1S/C11H15N3O3S/c1-14(5-8-6-18-7-12-8)10(17)13-11(9(15)16)3-2-4-11/h6-7H,2-5H2,1H3,(H,13,17)(H,15,16). The molecule has 18 heavy (non-hydrogen) atoms. The van der Waals surface area contributed by atoms with Gasteiger partial charge in [-0.05, 0) is 19.3 Å². The van der Waals surface area contributed by atoms with Crippen LogP contribution in [0.4, 0.5) is 4.79 Å². The average molecular weight is 269 g/mol. The maximum absolute atomic E-state index is 11.9. The summed E-state index contributed by atoms with van der Waals surface area (Å²) in [5.41, 5.74) is 1.44. The SMILES string of the molecule is CN(Cc1cscn1)C(=O)NC1(C(=O)O)CCC1. The minimum atomic E-state index is -1.06. The Hall–Kier alpha value is -1.63. The number of carboxylic acid groups (broad SMARTS) is 1. The second-order valence-corrected chi connectivity index (χ2v) is 5.23. The molecule has 1 aromatic rings. The van der Waals surface area contributed by atoms with Gasteiger partial charge in [-0.3, -0.25) is 0 Å². The number of thiazole rings is 1. The van der Waals surface area contributed by atoms with Crippen molar-refractivity contribution < 1.29 is 14.7 Å². The summed E-state index contributed by atoms with van der Waals surface area (Å²) in [5.74, 6) is -0.954. The number of carbonyl (C=O) groups excluding carboxylic acids is 1. The third kappa shape index (κ3) is 2.45. The van der Waals surface area contributed by atoms with Crippen LogP contribution < -0.4 is 5.32 Å². The van der Waals surface area contributed by atoms with E-state index >= 15 is 0 Å². The summed E-state index contributed by atoms with van der Waals surface area (Å²) in [6, 6.07) is -0.370. The molecule has 0 aromatic carbocycles. The van der Waals surface area contributed by atoms with E-state index in [4.69, 9.17) is 5.11 Å². The summed E-state index contributed by atoms with van der Waals surface area (Å²) in [6.07, 6.45) is 1.83. The van der Waals surface area contributed by atoms with Crippen LogP contribution in [0, 0.1) is 0 Å². The Morgan fingerprint density at radius 1 is 1.61 bits per heavy atom. The first-order valence-electron chi connectivity index (χ1n) is 5.67. The Morgan fingerprint density at radius 2 is 2.33 bits per heavy atom. The van der Waals surface area contributed by atoms with Gasteiger partial charge < -0.3 is 15.3 Å². The number of aliphatic carboxylic acids is 1. The summed E-state index contributed by atoms with van der Waals surface area (Å²) >= 11 is 1.46. The highest BCUT2D eigenvalue weighted by atomic mass is 32.1. The van der Waals surface area contributed by atoms with Gasteiger partial charge in [0.15, 0.2) is 0 Å². The summed E-state index contributed by atoms with van der Waals surface area (Å²) in [5, 5.41) is 13.6. The van der Waals surface area contributed by atoms with Gasteiger partial charge in [0.2, 0.25) is 0 Å². The molecular formula is C11H15N3O3S. The van der Waals surface area contributed by atoms with E-state index in [0.29, 0.717) is 19.4 Å². The van der Waals surface area contributed by atoms with E-state index < -0.39 is 11.5 Å². The lowest BCUT2D eigenvalue weighted by molar-refractivity contribution is -0.148. The lowest BCUT2D eigenvalue weighted by Crippen LogP contribution is -2.61. The number of hydrogen-bond acceptors (Lipinski definition) is 4. The predicted octanol–water partition coefficient (Wildman–Crippen LogP) is 1.29. The Balaban J connectivity index is 1.93. The molecule has 1 fully saturated rings. The summed E-state index contributed by atoms with van der Waals surface area (Å²) in [6.45, 7) is 0.380. The molecule has 0 spiro atoms. The number of carbonyl (C=O) groups is 2. The molecule has 7 heteroatoms. The summed E-state index contributed by atoms with van der Waals surface area (Å²) in [7, 11) is 1.63. The molecule has 1 aromatic heterocycles. The second-order valence-electron chi connectivity index (χ2n) is 4.51. The number of nitrogens with zero attached hydrogens (tertiary/aromatic N) is 2. The first-order valence-corrected chi connectivity index (χ1v) is 6.61. The first kappa shape index (κ1) is 12.8. The number of hydrogen-bond donors (Lipinski definition) is 2. The van der Waals surface area contributed by atoms with Crippen molar-refractivity contribution in [3.8, 4) is 0 Å². The van der Waals surface area contributed by atoms with Crippen molar-refractivity contribution >= 4 is 23.3 Å². The Labute approximate surface area is 109 Å². The largest absolute Gasteiger partial charge is 0.480 e. The molecule has 0 radical (unpaired) electrons. The van der Waals surface area contributed by atoms with Crippen molar-refractivity contribution in [2.45, 2.75) is 31.3 Å². The number of amides is 2. The lowest BCUT2D eigenvalue weighted by atomic mass is 9.77. The van der Waals surface area contributed by atoms with Crippen molar-refractivity contribution in [2.75, 3.05) is 7.05 Å². The minimum absolute atomic E-state index is 0.370. The van der Waals surface area contributed by atoms with Crippen molar-refractivity contribution in [2.24, 2.45) is 0 Å². The molecule has 2 N–H and O–H groups in total. The average Bonchev–Trinajstić information content (AvgIpc) is 2.75. The second kappa shape index (κ2) is 4.93. The Bertz CT molecular complexity index is 442. The first-order chi connectivity index (χ1) is 8.53. The zero-order chi connectivity index (χ0) is 13.2. The molecule has 98 valence electrons. The van der Waals surface area contributed by atoms with Crippen molar-refractivity contribution in [1.29, 1.82) is 0 Å². The van der Waals surface area contributed by atoms with Crippen LogP contribution >= 0.6 is 11.3 Å². The van der Waals surface area contributed by atoms with E-state index in [1.807, 2.05) is 5.38 Å². The van der Waals surface area contributed by atoms with E-state index in [2.05, 4.69) is 10.3 Å². The lowest BCUT2D eigenvalue weighted by Gasteiger charge is -2.39. The van der Waals surface area contributed by atoms with E-state index in [9.17, 15) is 9.59 Å². The maximum Gasteiger partial charge on any atom is 0.329 e. The monoisotopic (exact) mass is 269 g/mol. The summed E-state index contributed by atoms with van der Waals surface area (Å²) < 4.78 is 0. The topological polar surface area (TPSA) is 82.5 Å². The molecule has 2 amide bonds. The zero-order valence-corrected chi connectivity index (χ0v) is 10.9. The van der Waals surface area contributed by atoms with Gasteiger partial charge in [-0.25, -0.2) is 14.6 Å². The third-order valence-corrected chi connectivity index (χ3v) is 3.83. The highest BCUT2D eigenvalue weighted by Gasteiger charge is 2.46. The van der Waals surface area contributed by atoms with Gasteiger partial charge in [0.25, 0.3) is 0 Å². The molecule has 0 aliphatic heterocycles. The molecule has 1 saturated carbocycles. The van der Waals surface area contributed by atoms with Gasteiger partial charge in [-0.1, -0.05) is 0 Å². The fraction of sp³-hybridized carbons (Fsp3) is 0.545. The molecule has 0 atom stereocenters. The van der Waals surface area contributed by atoms with Crippen molar-refractivity contribution in [3.05, 3.63) is 16.6 Å². The third-order valence-electron chi connectivity index (χ3n) is 3.19. The number of rotatable bonds is 4. The smallest absolute Gasteiger partial charge is 0.329 e. The predicted molar refractivity (Wildman–Crippen MR) is 66.3 cm³/mol. The van der Waals surface area contributed by atoms with E-state index in [-0.39, 0.29) is 6.03 Å². The fourth-order valence-corrected chi connectivity index (χ4v) is 2.40. The van der Waals surface area contributed by atoms with E-state index in [1.54, 1.807) is 12.6 Å². The van der Waals surface area contributed by atoms with Crippen molar-refractivity contribution in [1.82, 2.24) is 15.2 Å². The Kier molecular flexibility index (Phi) is 3.51. The normalized spacial score (nSPS) is 16.7. The molecule has 1 aliphatic carbocycles. The number of aromatic nitrogens is 1. The zero-order valence-electron chi connectivity index (χ0n) is 10.0. The molecule has 1 heterocycles. The molecule has 1 aliphatic rings. The quantitative estimate of drug-likeness (QED) is 0.863. The van der Waals surface area contributed by atoms with Gasteiger partial charge in [0.05, 0.1) is 17.7 Å². The van der Waals surface area contributed by atoms with Crippen LogP contribution in [0.15, 0.2) is 10.9 Å². The fourth-order valence-electron chi connectivity index (χ4n) is 1.85. The highest BCUT2D eigenvalue weighted by Crippen LogP contribution is 2.32. The number of nitrogens with one attached hydrogen (secondary N) is 1. The molecule has 0 unspecified atom stereocenters. The van der Waals surface area contributed by atoms with E-state index in [1.165, 1.54) is 16.2 Å².